The lowest BCUT2D eigenvalue weighted by molar-refractivity contribution is 0.261. The molecule has 0 bridgehead atoms. The molecule has 214 valence electrons. The van der Waals surface area contributed by atoms with Gasteiger partial charge in [-0.15, -0.1) is 11.3 Å². The first-order valence-electron chi connectivity index (χ1n) is 14.2. The highest BCUT2D eigenvalue weighted by Gasteiger charge is 2.26. The number of benzene rings is 2. The summed E-state index contributed by atoms with van der Waals surface area (Å²) in [6, 6.07) is 20.8. The van der Waals surface area contributed by atoms with E-state index in [1.807, 2.05) is 55.6 Å². The lowest BCUT2D eigenvalue weighted by Crippen LogP contribution is -2.27. The molecule has 0 saturated carbocycles. The smallest absolute Gasteiger partial charge is 0.150 e. The van der Waals surface area contributed by atoms with E-state index < -0.39 is 9.84 Å². The fraction of sp³-hybridized carbons (Fsp3) is 0.394. The first-order chi connectivity index (χ1) is 19.2. The minimum absolute atomic E-state index is 0.249. The molecule has 4 rings (SSSR count). The van der Waals surface area contributed by atoms with Crippen molar-refractivity contribution in [2.75, 3.05) is 26.4 Å². The van der Waals surface area contributed by atoms with Crippen LogP contribution in [0.4, 0.5) is 0 Å². The number of ether oxygens (including phenoxy) is 1. The first-order valence-corrected chi connectivity index (χ1v) is 16.9. The van der Waals surface area contributed by atoms with Crippen molar-refractivity contribution in [3.8, 4) is 5.75 Å². The Morgan fingerprint density at radius 2 is 1.75 bits per heavy atom. The third kappa shape index (κ3) is 7.45. The Hall–Kier alpha value is -2.87. The third-order valence-electron chi connectivity index (χ3n) is 7.48. The standard InChI is InChI=1S/C33H42N2O3S2/c1-6-19-35(20-13-16-28(7-2)40(5,36)37)22-27-21-30-25(3)34(4)23-31(33(30)39-27)29-17-11-12-18-32(29)38-24-26-14-9-8-10-15-26/h8-12,14-15,17-18,21,23,28H,3,6-7,13,16,19-20,22,24H2,1-2,4-5H3. The van der Waals surface area contributed by atoms with E-state index in [9.17, 15) is 8.42 Å². The molecule has 0 spiro atoms. The van der Waals surface area contributed by atoms with E-state index in [2.05, 4.69) is 59.8 Å². The maximum atomic E-state index is 12.1. The van der Waals surface area contributed by atoms with Crippen molar-refractivity contribution < 1.29 is 13.2 Å². The number of fused-ring (bicyclic) bond motifs is 1. The number of hydrogen-bond acceptors (Lipinski definition) is 6. The molecule has 1 aliphatic heterocycles. The summed E-state index contributed by atoms with van der Waals surface area (Å²) in [6.07, 6.45) is 6.84. The number of thiophene rings is 1. The molecule has 0 amide bonds. The minimum Gasteiger partial charge on any atom is -0.488 e. The van der Waals surface area contributed by atoms with Gasteiger partial charge in [-0.3, -0.25) is 4.90 Å². The molecule has 0 fully saturated rings. The molecular formula is C33H42N2O3S2. The molecule has 0 radical (unpaired) electrons. The zero-order valence-corrected chi connectivity index (χ0v) is 25.9. The normalized spacial score (nSPS) is 14.3. The molecule has 0 N–H and O–H groups in total. The molecule has 0 aliphatic carbocycles. The summed E-state index contributed by atoms with van der Waals surface area (Å²) in [5, 5.41) is -0.249. The molecule has 1 aliphatic rings. The summed E-state index contributed by atoms with van der Waals surface area (Å²) in [5.74, 6) is 0.864. The fourth-order valence-electron chi connectivity index (χ4n) is 5.27. The first kappa shape index (κ1) is 30.1. The van der Waals surface area contributed by atoms with E-state index in [4.69, 9.17) is 4.74 Å². The van der Waals surface area contributed by atoms with Gasteiger partial charge in [0.1, 0.15) is 22.2 Å². The van der Waals surface area contributed by atoms with Crippen molar-refractivity contribution in [3.63, 3.8) is 0 Å². The Labute approximate surface area is 244 Å². The van der Waals surface area contributed by atoms with Gasteiger partial charge >= 0.3 is 0 Å². The van der Waals surface area contributed by atoms with Crippen LogP contribution in [0.15, 0.2) is 73.4 Å². The predicted molar refractivity (Wildman–Crippen MR) is 169 cm³/mol. The van der Waals surface area contributed by atoms with Gasteiger partial charge in [-0.2, -0.15) is 0 Å². The molecule has 2 heterocycles. The van der Waals surface area contributed by atoms with Crippen LogP contribution in [0.3, 0.4) is 0 Å². The predicted octanol–water partition coefficient (Wildman–Crippen LogP) is 7.45. The Morgan fingerprint density at radius 3 is 2.45 bits per heavy atom. The summed E-state index contributed by atoms with van der Waals surface area (Å²) >= 11 is 1.82. The highest BCUT2D eigenvalue weighted by Crippen LogP contribution is 2.44. The van der Waals surface area contributed by atoms with E-state index in [0.29, 0.717) is 19.4 Å². The van der Waals surface area contributed by atoms with Gasteiger partial charge in [-0.05, 0) is 56.5 Å². The van der Waals surface area contributed by atoms with Gasteiger partial charge < -0.3 is 9.64 Å². The SMILES string of the molecule is C=C1c2cc(CN(CCC)CCCC(CC)S(C)(=O)=O)sc2C(c2ccccc2OCc2ccccc2)=CN1C. The maximum absolute atomic E-state index is 12.1. The van der Waals surface area contributed by atoms with Gasteiger partial charge in [0.25, 0.3) is 0 Å². The number of nitrogens with zero attached hydrogens (tertiary/aromatic N) is 2. The van der Waals surface area contributed by atoms with Crippen LogP contribution in [-0.2, 0) is 23.0 Å². The second-order valence-electron chi connectivity index (χ2n) is 10.6. The lowest BCUT2D eigenvalue weighted by Gasteiger charge is -2.26. The molecule has 2 aromatic carbocycles. The van der Waals surface area contributed by atoms with Crippen molar-refractivity contribution in [3.05, 3.63) is 99.9 Å². The molecule has 40 heavy (non-hydrogen) atoms. The Balaban J connectivity index is 1.55. The van der Waals surface area contributed by atoms with Crippen LogP contribution in [0.2, 0.25) is 0 Å². The van der Waals surface area contributed by atoms with Crippen LogP contribution in [0.1, 0.15) is 66.0 Å². The van der Waals surface area contributed by atoms with Crippen molar-refractivity contribution in [1.82, 2.24) is 9.80 Å². The Morgan fingerprint density at radius 1 is 1.02 bits per heavy atom. The molecule has 7 heteroatoms. The number of hydrogen-bond donors (Lipinski definition) is 0. The maximum Gasteiger partial charge on any atom is 0.150 e. The van der Waals surface area contributed by atoms with E-state index in [-0.39, 0.29) is 5.25 Å². The van der Waals surface area contributed by atoms with E-state index >= 15 is 0 Å². The second kappa shape index (κ2) is 13.7. The summed E-state index contributed by atoms with van der Waals surface area (Å²) < 4.78 is 30.5. The molecule has 5 nitrogen and oxygen atoms in total. The van der Waals surface area contributed by atoms with Gasteiger partial charge in [-0.1, -0.05) is 69.0 Å². The van der Waals surface area contributed by atoms with Crippen molar-refractivity contribution >= 4 is 32.4 Å². The van der Waals surface area contributed by atoms with Gasteiger partial charge in [-0.25, -0.2) is 8.42 Å². The highest BCUT2D eigenvalue weighted by molar-refractivity contribution is 7.91. The van der Waals surface area contributed by atoms with Crippen LogP contribution >= 0.6 is 11.3 Å². The van der Waals surface area contributed by atoms with E-state index in [0.717, 1.165) is 66.2 Å². The lowest BCUT2D eigenvalue weighted by atomic mass is 9.97. The topological polar surface area (TPSA) is 49.9 Å². The number of para-hydroxylation sites is 1. The van der Waals surface area contributed by atoms with Gasteiger partial charge in [0.2, 0.25) is 0 Å². The zero-order valence-electron chi connectivity index (χ0n) is 24.2. The van der Waals surface area contributed by atoms with Crippen molar-refractivity contribution in [2.24, 2.45) is 0 Å². The van der Waals surface area contributed by atoms with Gasteiger partial charge in [0, 0.05) is 58.2 Å². The van der Waals surface area contributed by atoms with Crippen molar-refractivity contribution in [1.29, 1.82) is 0 Å². The average molecular weight is 579 g/mol. The number of rotatable bonds is 14. The van der Waals surface area contributed by atoms with Gasteiger partial charge in [0.05, 0.1) is 5.25 Å². The van der Waals surface area contributed by atoms with E-state index in [1.165, 1.54) is 16.0 Å². The Bertz CT molecular complexity index is 1430. The van der Waals surface area contributed by atoms with Crippen LogP contribution in [0.25, 0.3) is 11.3 Å². The fourth-order valence-corrected chi connectivity index (χ4v) is 7.71. The summed E-state index contributed by atoms with van der Waals surface area (Å²) in [5.41, 5.74) is 5.51. The van der Waals surface area contributed by atoms with Gasteiger partial charge in [0.15, 0.2) is 0 Å². The average Bonchev–Trinajstić information content (AvgIpc) is 3.36. The highest BCUT2D eigenvalue weighted by atomic mass is 32.2. The molecule has 0 saturated heterocycles. The quantitative estimate of drug-likeness (QED) is 0.199. The summed E-state index contributed by atoms with van der Waals surface area (Å²) in [6.45, 7) is 11.8. The Kier molecular flexibility index (Phi) is 10.3. The van der Waals surface area contributed by atoms with Crippen molar-refractivity contribution in [2.45, 2.75) is 57.9 Å². The third-order valence-corrected chi connectivity index (χ3v) is 10.4. The molecular weight excluding hydrogens is 537 g/mol. The summed E-state index contributed by atoms with van der Waals surface area (Å²) in [4.78, 5) is 7.06. The molecule has 1 unspecified atom stereocenters. The monoisotopic (exact) mass is 578 g/mol. The largest absolute Gasteiger partial charge is 0.488 e. The second-order valence-corrected chi connectivity index (χ2v) is 14.1. The zero-order chi connectivity index (χ0) is 28.7. The molecule has 1 aromatic heterocycles. The van der Waals surface area contributed by atoms with Crippen LogP contribution in [-0.4, -0.2) is 49.9 Å². The number of sulfone groups is 1. The minimum atomic E-state index is -3.00. The molecule has 3 aromatic rings. The van der Waals surface area contributed by atoms with Crippen LogP contribution in [0, 0.1) is 0 Å². The van der Waals surface area contributed by atoms with Crippen LogP contribution in [0.5, 0.6) is 5.75 Å². The summed E-state index contributed by atoms with van der Waals surface area (Å²) in [7, 11) is -0.954. The van der Waals surface area contributed by atoms with E-state index in [1.54, 1.807) is 0 Å². The van der Waals surface area contributed by atoms with Crippen LogP contribution < -0.4 is 4.74 Å². The molecule has 1 atom stereocenters.